The van der Waals surface area contributed by atoms with Gasteiger partial charge >= 0.3 is 0 Å². The number of hydrogen-bond acceptors (Lipinski definition) is 3. The minimum Gasteiger partial charge on any atom is -0.496 e. The Labute approximate surface area is 109 Å². The summed E-state index contributed by atoms with van der Waals surface area (Å²) in [6.07, 6.45) is 2.26. The van der Waals surface area contributed by atoms with Crippen molar-refractivity contribution in [2.75, 3.05) is 25.6 Å². The summed E-state index contributed by atoms with van der Waals surface area (Å²) < 4.78 is 5.37. The van der Waals surface area contributed by atoms with Crippen molar-refractivity contribution in [1.29, 1.82) is 0 Å². The molecule has 2 rings (SSSR count). The fourth-order valence-corrected chi connectivity index (χ4v) is 2.15. The zero-order chi connectivity index (χ0) is 13.2. The lowest BCUT2D eigenvalue weighted by molar-refractivity contribution is 0.220. The number of anilines is 1. The van der Waals surface area contributed by atoms with Crippen LogP contribution in [0.3, 0.4) is 0 Å². The van der Waals surface area contributed by atoms with Crippen LogP contribution in [0.15, 0.2) is 18.2 Å². The number of ether oxygens (including phenoxy) is 1. The van der Waals surface area contributed by atoms with Crippen LogP contribution in [0.5, 0.6) is 5.75 Å². The van der Waals surface area contributed by atoms with Gasteiger partial charge < -0.3 is 15.2 Å². The predicted octanol–water partition coefficient (Wildman–Crippen LogP) is 3.00. The minimum absolute atomic E-state index is 0.137. The zero-order valence-electron chi connectivity index (χ0n) is 11.5. The van der Waals surface area contributed by atoms with Crippen LogP contribution in [0.4, 0.5) is 5.69 Å². The molecule has 0 spiro atoms. The molecule has 0 atom stereocenters. The van der Waals surface area contributed by atoms with Gasteiger partial charge in [-0.1, -0.05) is 13.8 Å². The minimum atomic E-state index is 0.137. The molecule has 1 aromatic rings. The Morgan fingerprint density at radius 1 is 1.39 bits per heavy atom. The van der Waals surface area contributed by atoms with Gasteiger partial charge in [0.2, 0.25) is 0 Å². The van der Waals surface area contributed by atoms with Gasteiger partial charge in [-0.25, -0.2) is 0 Å². The van der Waals surface area contributed by atoms with Crippen molar-refractivity contribution in [2.24, 2.45) is 5.41 Å². The monoisotopic (exact) mass is 249 g/mol. The Morgan fingerprint density at radius 3 is 2.61 bits per heavy atom. The first-order valence-electron chi connectivity index (χ1n) is 6.63. The van der Waals surface area contributed by atoms with Gasteiger partial charge in [-0.15, -0.1) is 0 Å². The van der Waals surface area contributed by atoms with E-state index >= 15 is 0 Å². The van der Waals surface area contributed by atoms with E-state index in [4.69, 9.17) is 4.74 Å². The number of hydrogen-bond donors (Lipinski definition) is 2. The highest BCUT2D eigenvalue weighted by molar-refractivity contribution is 5.52. The highest BCUT2D eigenvalue weighted by Crippen LogP contribution is 2.45. The summed E-state index contributed by atoms with van der Waals surface area (Å²) >= 11 is 0. The average molecular weight is 249 g/mol. The molecular weight excluding hydrogens is 226 g/mol. The van der Waals surface area contributed by atoms with Gasteiger partial charge in [0.15, 0.2) is 0 Å². The summed E-state index contributed by atoms with van der Waals surface area (Å²) in [5.41, 5.74) is 2.47. The van der Waals surface area contributed by atoms with Crippen LogP contribution in [-0.2, 0) is 0 Å². The summed E-state index contributed by atoms with van der Waals surface area (Å²) in [7, 11) is 1.71. The molecule has 18 heavy (non-hydrogen) atoms. The molecule has 0 unspecified atom stereocenters. The first kappa shape index (κ1) is 13.2. The standard InChI is InChI=1S/C15H23NO2/c1-11(2)13-8-12(4-5-14(13)18-3)16-9-15(10-17)6-7-15/h4-5,8,11,16-17H,6-7,9-10H2,1-3H3. The molecule has 0 amide bonds. The Bertz CT molecular complexity index is 411. The van der Waals surface area contributed by atoms with E-state index in [1.165, 1.54) is 5.56 Å². The van der Waals surface area contributed by atoms with Gasteiger partial charge in [0.1, 0.15) is 5.75 Å². The molecule has 2 N–H and O–H groups in total. The molecule has 0 aliphatic heterocycles. The molecule has 3 heteroatoms. The highest BCUT2D eigenvalue weighted by Gasteiger charge is 2.41. The summed E-state index contributed by atoms with van der Waals surface area (Å²) in [6, 6.07) is 6.20. The Hall–Kier alpha value is -1.22. The quantitative estimate of drug-likeness (QED) is 0.814. The number of nitrogens with one attached hydrogen (secondary N) is 1. The molecule has 0 aromatic heterocycles. The second-order valence-corrected chi connectivity index (χ2v) is 5.62. The first-order valence-corrected chi connectivity index (χ1v) is 6.63. The Kier molecular flexibility index (Phi) is 3.81. The van der Waals surface area contributed by atoms with Crippen LogP contribution >= 0.6 is 0 Å². The van der Waals surface area contributed by atoms with Crippen molar-refractivity contribution in [2.45, 2.75) is 32.6 Å². The third-order valence-electron chi connectivity index (χ3n) is 3.81. The van der Waals surface area contributed by atoms with E-state index in [9.17, 15) is 5.11 Å². The van der Waals surface area contributed by atoms with Crippen molar-refractivity contribution in [3.05, 3.63) is 23.8 Å². The maximum Gasteiger partial charge on any atom is 0.122 e. The molecule has 100 valence electrons. The van der Waals surface area contributed by atoms with Crippen molar-refractivity contribution >= 4 is 5.69 Å². The maximum atomic E-state index is 9.30. The largest absolute Gasteiger partial charge is 0.496 e. The van der Waals surface area contributed by atoms with E-state index in [1.807, 2.05) is 12.1 Å². The zero-order valence-corrected chi connectivity index (χ0v) is 11.5. The average Bonchev–Trinajstić information content (AvgIpc) is 3.16. The van der Waals surface area contributed by atoms with Crippen molar-refractivity contribution < 1.29 is 9.84 Å². The SMILES string of the molecule is COc1ccc(NCC2(CO)CC2)cc1C(C)C. The van der Waals surface area contributed by atoms with E-state index in [0.717, 1.165) is 30.8 Å². The molecular formula is C15H23NO2. The van der Waals surface area contributed by atoms with Gasteiger partial charge in [-0.3, -0.25) is 0 Å². The fraction of sp³-hybridized carbons (Fsp3) is 0.600. The molecule has 0 saturated heterocycles. The van der Waals surface area contributed by atoms with E-state index in [1.54, 1.807) is 7.11 Å². The lowest BCUT2D eigenvalue weighted by Gasteiger charge is -2.17. The molecule has 0 heterocycles. The van der Waals surface area contributed by atoms with Gasteiger partial charge in [0, 0.05) is 17.6 Å². The molecule has 0 radical (unpaired) electrons. The Balaban J connectivity index is 2.07. The molecule has 1 fully saturated rings. The second kappa shape index (κ2) is 5.19. The lowest BCUT2D eigenvalue weighted by Crippen LogP contribution is -2.19. The second-order valence-electron chi connectivity index (χ2n) is 5.62. The number of benzene rings is 1. The van der Waals surface area contributed by atoms with Crippen LogP contribution in [0.2, 0.25) is 0 Å². The Morgan fingerprint density at radius 2 is 2.11 bits per heavy atom. The summed E-state index contributed by atoms with van der Waals surface area (Å²) in [5, 5.41) is 12.7. The summed E-state index contributed by atoms with van der Waals surface area (Å²) in [6.45, 7) is 5.47. The van der Waals surface area contributed by atoms with E-state index in [2.05, 4.69) is 25.2 Å². The maximum absolute atomic E-state index is 9.30. The van der Waals surface area contributed by atoms with Gasteiger partial charge in [0.05, 0.1) is 13.7 Å². The molecule has 3 nitrogen and oxygen atoms in total. The smallest absolute Gasteiger partial charge is 0.122 e. The van der Waals surface area contributed by atoms with E-state index in [0.29, 0.717) is 5.92 Å². The molecule has 0 bridgehead atoms. The van der Waals surface area contributed by atoms with Gasteiger partial charge in [0.25, 0.3) is 0 Å². The number of methoxy groups -OCH3 is 1. The molecule has 1 aromatic carbocycles. The normalized spacial score (nSPS) is 16.7. The first-order chi connectivity index (χ1) is 8.60. The van der Waals surface area contributed by atoms with E-state index in [-0.39, 0.29) is 12.0 Å². The predicted molar refractivity (Wildman–Crippen MR) is 74.3 cm³/mol. The topological polar surface area (TPSA) is 41.5 Å². The van der Waals surface area contributed by atoms with E-state index < -0.39 is 0 Å². The molecule has 1 aliphatic carbocycles. The van der Waals surface area contributed by atoms with Crippen LogP contribution in [-0.4, -0.2) is 25.4 Å². The number of aliphatic hydroxyl groups is 1. The van der Waals surface area contributed by atoms with Gasteiger partial charge in [-0.2, -0.15) is 0 Å². The highest BCUT2D eigenvalue weighted by atomic mass is 16.5. The number of rotatable bonds is 6. The molecule has 1 saturated carbocycles. The van der Waals surface area contributed by atoms with Crippen LogP contribution in [0.25, 0.3) is 0 Å². The van der Waals surface area contributed by atoms with Crippen molar-refractivity contribution in [3.63, 3.8) is 0 Å². The number of aliphatic hydroxyl groups excluding tert-OH is 1. The van der Waals surface area contributed by atoms with Crippen LogP contribution in [0, 0.1) is 5.41 Å². The lowest BCUT2D eigenvalue weighted by atomic mass is 10.0. The van der Waals surface area contributed by atoms with Crippen LogP contribution in [0.1, 0.15) is 38.2 Å². The summed E-state index contributed by atoms with van der Waals surface area (Å²) in [4.78, 5) is 0. The molecule has 1 aliphatic rings. The van der Waals surface area contributed by atoms with Gasteiger partial charge in [-0.05, 0) is 42.5 Å². The summed E-state index contributed by atoms with van der Waals surface area (Å²) in [5.74, 6) is 1.38. The fourth-order valence-electron chi connectivity index (χ4n) is 2.15. The third kappa shape index (κ3) is 2.78. The third-order valence-corrected chi connectivity index (χ3v) is 3.81. The van der Waals surface area contributed by atoms with Crippen molar-refractivity contribution in [3.8, 4) is 5.75 Å². The van der Waals surface area contributed by atoms with Crippen LogP contribution < -0.4 is 10.1 Å². The van der Waals surface area contributed by atoms with Crippen molar-refractivity contribution in [1.82, 2.24) is 0 Å².